The Balaban J connectivity index is 2.62. The number of hydrogen-bond acceptors (Lipinski definition) is 5. The molecule has 7 heteroatoms. The molecule has 1 heterocycles. The maximum absolute atomic E-state index is 12.0. The van der Waals surface area contributed by atoms with Gasteiger partial charge in [0.05, 0.1) is 12.6 Å². The van der Waals surface area contributed by atoms with Gasteiger partial charge >= 0.3 is 6.09 Å². The first-order valence-electron chi connectivity index (χ1n) is 6.57. The summed E-state index contributed by atoms with van der Waals surface area (Å²) in [5.41, 5.74) is -0.581. The summed E-state index contributed by atoms with van der Waals surface area (Å²) >= 11 is 0. The minimum absolute atomic E-state index is 0.0782. The van der Waals surface area contributed by atoms with E-state index < -0.39 is 17.8 Å². The van der Waals surface area contributed by atoms with Crippen molar-refractivity contribution in [3.63, 3.8) is 0 Å². The Kier molecular flexibility index (Phi) is 5.77. The number of ether oxygens (including phenoxy) is 2. The van der Waals surface area contributed by atoms with Gasteiger partial charge in [0.15, 0.2) is 6.10 Å². The van der Waals surface area contributed by atoms with Gasteiger partial charge in [0.2, 0.25) is 0 Å². The van der Waals surface area contributed by atoms with Gasteiger partial charge in [-0.3, -0.25) is 4.79 Å². The number of nitrogens with one attached hydrogen (secondary N) is 1. The molecular weight excluding hydrogens is 262 g/mol. The van der Waals surface area contributed by atoms with Crippen LogP contribution >= 0.6 is 0 Å². The van der Waals surface area contributed by atoms with Crippen molar-refractivity contribution in [3.05, 3.63) is 0 Å². The third-order valence-electron chi connectivity index (χ3n) is 2.56. The van der Waals surface area contributed by atoms with Gasteiger partial charge in [-0.1, -0.05) is 0 Å². The van der Waals surface area contributed by atoms with E-state index in [-0.39, 0.29) is 19.0 Å². The number of nitrogens with zero attached hydrogens (tertiary/aromatic N) is 2. The molecule has 112 valence electrons. The molecular formula is C13H21N3O4. The SMILES string of the molecule is CC(C)(C)OC(=O)N1CCCO[C@H](C(=O)NCC#N)C1. The molecule has 0 aromatic heterocycles. The summed E-state index contributed by atoms with van der Waals surface area (Å²) in [5, 5.41) is 10.9. The Bertz CT molecular complexity index is 397. The van der Waals surface area contributed by atoms with Crippen molar-refractivity contribution in [2.75, 3.05) is 26.2 Å². The first-order valence-corrected chi connectivity index (χ1v) is 6.57. The molecule has 0 radical (unpaired) electrons. The Morgan fingerprint density at radius 1 is 1.50 bits per heavy atom. The van der Waals surface area contributed by atoms with Crippen LogP contribution in [0.1, 0.15) is 27.2 Å². The van der Waals surface area contributed by atoms with Crippen LogP contribution in [0, 0.1) is 11.3 Å². The molecule has 0 aromatic rings. The minimum atomic E-state index is -0.765. The van der Waals surface area contributed by atoms with Gasteiger partial charge in [0.1, 0.15) is 12.1 Å². The number of carbonyl (C=O) groups excluding carboxylic acids is 2. The third-order valence-corrected chi connectivity index (χ3v) is 2.56. The minimum Gasteiger partial charge on any atom is -0.444 e. The van der Waals surface area contributed by atoms with Gasteiger partial charge < -0.3 is 19.7 Å². The van der Waals surface area contributed by atoms with Crippen LogP contribution in [-0.2, 0) is 14.3 Å². The zero-order valence-corrected chi connectivity index (χ0v) is 12.1. The molecule has 1 rings (SSSR count). The summed E-state index contributed by atoms with van der Waals surface area (Å²) in [6.45, 7) is 6.29. The maximum Gasteiger partial charge on any atom is 0.410 e. The molecule has 1 atom stereocenters. The average molecular weight is 283 g/mol. The van der Waals surface area contributed by atoms with E-state index in [9.17, 15) is 9.59 Å². The molecule has 0 spiro atoms. The van der Waals surface area contributed by atoms with Gasteiger partial charge in [-0.25, -0.2) is 4.79 Å². The molecule has 1 saturated heterocycles. The van der Waals surface area contributed by atoms with Crippen LogP contribution < -0.4 is 5.32 Å². The lowest BCUT2D eigenvalue weighted by molar-refractivity contribution is -0.132. The molecule has 1 aliphatic rings. The molecule has 20 heavy (non-hydrogen) atoms. The zero-order valence-electron chi connectivity index (χ0n) is 12.1. The van der Waals surface area contributed by atoms with Crippen LogP contribution in [0.5, 0.6) is 0 Å². The summed E-state index contributed by atoms with van der Waals surface area (Å²) in [6, 6.07) is 1.83. The fourth-order valence-corrected chi connectivity index (χ4v) is 1.72. The highest BCUT2D eigenvalue weighted by molar-refractivity contribution is 5.82. The highest BCUT2D eigenvalue weighted by Gasteiger charge is 2.30. The summed E-state index contributed by atoms with van der Waals surface area (Å²) in [7, 11) is 0. The van der Waals surface area contributed by atoms with E-state index in [0.717, 1.165) is 0 Å². The summed E-state index contributed by atoms with van der Waals surface area (Å²) in [6.07, 6.45) is -0.583. The monoisotopic (exact) mass is 283 g/mol. The number of carbonyl (C=O) groups is 2. The first kappa shape index (κ1) is 16.2. The second kappa shape index (κ2) is 7.10. The van der Waals surface area contributed by atoms with Crippen molar-refractivity contribution in [2.45, 2.75) is 38.9 Å². The fraction of sp³-hybridized carbons (Fsp3) is 0.769. The van der Waals surface area contributed by atoms with E-state index in [1.807, 2.05) is 6.07 Å². The maximum atomic E-state index is 12.0. The normalized spacial score (nSPS) is 19.7. The highest BCUT2D eigenvalue weighted by Crippen LogP contribution is 2.13. The third kappa shape index (κ3) is 5.45. The Morgan fingerprint density at radius 2 is 2.20 bits per heavy atom. The second-order valence-electron chi connectivity index (χ2n) is 5.52. The molecule has 0 aromatic carbocycles. The van der Waals surface area contributed by atoms with Crippen LogP contribution in [0.4, 0.5) is 4.79 Å². The molecule has 2 amide bonds. The van der Waals surface area contributed by atoms with Crippen LogP contribution in [-0.4, -0.2) is 54.8 Å². The van der Waals surface area contributed by atoms with Crippen LogP contribution in [0.3, 0.4) is 0 Å². The molecule has 0 unspecified atom stereocenters. The van der Waals surface area contributed by atoms with Gasteiger partial charge in [-0.2, -0.15) is 5.26 Å². The molecule has 1 fully saturated rings. The average Bonchev–Trinajstić information content (AvgIpc) is 2.59. The fourth-order valence-electron chi connectivity index (χ4n) is 1.72. The van der Waals surface area contributed by atoms with Crippen LogP contribution in [0.15, 0.2) is 0 Å². The lowest BCUT2D eigenvalue weighted by Crippen LogP contribution is -2.46. The van der Waals surface area contributed by atoms with Crippen molar-refractivity contribution < 1.29 is 19.1 Å². The van der Waals surface area contributed by atoms with E-state index in [1.165, 1.54) is 4.90 Å². The lowest BCUT2D eigenvalue weighted by atomic mass is 10.2. The first-order chi connectivity index (χ1) is 9.33. The predicted molar refractivity (Wildman–Crippen MR) is 70.8 cm³/mol. The van der Waals surface area contributed by atoms with Crippen molar-refractivity contribution in [3.8, 4) is 6.07 Å². The molecule has 0 saturated carbocycles. The van der Waals surface area contributed by atoms with E-state index in [4.69, 9.17) is 14.7 Å². The summed E-state index contributed by atoms with van der Waals surface area (Å²) in [5.74, 6) is -0.387. The number of amides is 2. The van der Waals surface area contributed by atoms with E-state index in [2.05, 4.69) is 5.32 Å². The van der Waals surface area contributed by atoms with Crippen molar-refractivity contribution in [1.29, 1.82) is 5.26 Å². The van der Waals surface area contributed by atoms with Crippen molar-refractivity contribution in [2.24, 2.45) is 0 Å². The highest BCUT2D eigenvalue weighted by atomic mass is 16.6. The lowest BCUT2D eigenvalue weighted by Gasteiger charge is -2.27. The Hall–Kier alpha value is -1.81. The number of rotatable bonds is 2. The van der Waals surface area contributed by atoms with Crippen LogP contribution in [0.2, 0.25) is 0 Å². The van der Waals surface area contributed by atoms with E-state index >= 15 is 0 Å². The van der Waals surface area contributed by atoms with Gasteiger partial charge in [-0.15, -0.1) is 0 Å². The van der Waals surface area contributed by atoms with Crippen molar-refractivity contribution in [1.82, 2.24) is 10.2 Å². The van der Waals surface area contributed by atoms with E-state index in [1.54, 1.807) is 20.8 Å². The van der Waals surface area contributed by atoms with E-state index in [0.29, 0.717) is 19.6 Å². The van der Waals surface area contributed by atoms with Crippen LogP contribution in [0.25, 0.3) is 0 Å². The molecule has 1 aliphatic heterocycles. The predicted octanol–water partition coefficient (Wildman–Crippen LogP) is 0.652. The molecule has 0 bridgehead atoms. The topological polar surface area (TPSA) is 91.7 Å². The quantitative estimate of drug-likeness (QED) is 0.751. The number of nitriles is 1. The zero-order chi connectivity index (χ0) is 15.2. The molecule has 0 aliphatic carbocycles. The summed E-state index contributed by atoms with van der Waals surface area (Å²) in [4.78, 5) is 25.3. The molecule has 7 nitrogen and oxygen atoms in total. The molecule has 1 N–H and O–H groups in total. The van der Waals surface area contributed by atoms with Gasteiger partial charge in [-0.05, 0) is 27.2 Å². The number of hydrogen-bond donors (Lipinski definition) is 1. The largest absolute Gasteiger partial charge is 0.444 e. The Morgan fingerprint density at radius 3 is 2.80 bits per heavy atom. The Labute approximate surface area is 118 Å². The van der Waals surface area contributed by atoms with Crippen molar-refractivity contribution >= 4 is 12.0 Å². The standard InChI is InChI=1S/C13H21N3O4/c1-13(2,3)20-12(18)16-7-4-8-19-10(9-16)11(17)15-6-5-14/h10H,4,6-9H2,1-3H3,(H,15,17)/t10-/m0/s1. The van der Waals surface area contributed by atoms with Gasteiger partial charge in [0.25, 0.3) is 5.91 Å². The second-order valence-corrected chi connectivity index (χ2v) is 5.52. The van der Waals surface area contributed by atoms with Gasteiger partial charge in [0, 0.05) is 13.2 Å². The smallest absolute Gasteiger partial charge is 0.410 e. The summed E-state index contributed by atoms with van der Waals surface area (Å²) < 4.78 is 10.7.